The van der Waals surface area contributed by atoms with Crippen LogP contribution in [0.15, 0.2) is 11.6 Å². The fourth-order valence-electron chi connectivity index (χ4n) is 1.89. The van der Waals surface area contributed by atoms with E-state index in [9.17, 15) is 9.59 Å². The lowest BCUT2D eigenvalue weighted by molar-refractivity contribution is 0.125. The summed E-state index contributed by atoms with van der Waals surface area (Å²) in [6.07, 6.45) is 2.03. The highest BCUT2D eigenvalue weighted by Crippen LogP contribution is 2.12. The summed E-state index contributed by atoms with van der Waals surface area (Å²) in [4.78, 5) is 30.7. The summed E-state index contributed by atoms with van der Waals surface area (Å²) < 4.78 is 4.69. The molecule has 7 nitrogen and oxygen atoms in total. The van der Waals surface area contributed by atoms with Crippen LogP contribution in [0.5, 0.6) is 0 Å². The fraction of sp³-hybridized carbons (Fsp3) is 0.545. The van der Waals surface area contributed by atoms with E-state index >= 15 is 0 Å². The van der Waals surface area contributed by atoms with Crippen molar-refractivity contribution in [2.24, 2.45) is 0 Å². The lowest BCUT2D eigenvalue weighted by atomic mass is 10.4. The number of nitrogens with zero attached hydrogens (tertiary/aromatic N) is 3. The number of anilines is 1. The second-order valence-electron chi connectivity index (χ2n) is 4.07. The molecule has 1 saturated heterocycles. The maximum Gasteiger partial charge on any atom is 0.409 e. The molecule has 0 aliphatic carbocycles. The Morgan fingerprint density at radius 2 is 2.05 bits per heavy atom. The predicted octanol–water partition coefficient (Wildman–Crippen LogP) is 1.45. The number of hydrogen-bond donors (Lipinski definition) is 1. The van der Waals surface area contributed by atoms with Crippen LogP contribution < -0.4 is 5.32 Å². The molecule has 0 bridgehead atoms. The van der Waals surface area contributed by atoms with E-state index in [4.69, 9.17) is 0 Å². The Kier molecular flexibility index (Phi) is 4.56. The van der Waals surface area contributed by atoms with Gasteiger partial charge in [0.15, 0.2) is 5.13 Å². The van der Waals surface area contributed by atoms with Gasteiger partial charge in [-0.1, -0.05) is 0 Å². The Balaban J connectivity index is 1.88. The van der Waals surface area contributed by atoms with Crippen molar-refractivity contribution in [2.75, 3.05) is 38.6 Å². The standard InChI is InChI=1S/C11H16N4O3S/c1-18-11(17)15-5-2-4-14(6-7-15)10(16)13-9-12-3-8-19-9/h3,8H,2,4-7H2,1H3,(H,12,13,16). The highest BCUT2D eigenvalue weighted by Gasteiger charge is 2.22. The van der Waals surface area contributed by atoms with E-state index in [1.807, 2.05) is 0 Å². The highest BCUT2D eigenvalue weighted by molar-refractivity contribution is 7.13. The SMILES string of the molecule is COC(=O)N1CCCN(C(=O)Nc2nccs2)CC1. The predicted molar refractivity (Wildman–Crippen MR) is 71.3 cm³/mol. The van der Waals surface area contributed by atoms with Gasteiger partial charge in [0, 0.05) is 37.8 Å². The summed E-state index contributed by atoms with van der Waals surface area (Å²) >= 11 is 1.38. The summed E-state index contributed by atoms with van der Waals surface area (Å²) in [5.74, 6) is 0. The van der Waals surface area contributed by atoms with Crippen LogP contribution >= 0.6 is 11.3 Å². The zero-order valence-corrected chi connectivity index (χ0v) is 11.5. The van der Waals surface area contributed by atoms with Gasteiger partial charge >= 0.3 is 12.1 Å². The molecule has 104 valence electrons. The zero-order chi connectivity index (χ0) is 13.7. The average molecular weight is 284 g/mol. The molecule has 0 radical (unpaired) electrons. The molecule has 1 aliphatic heterocycles. The third-order valence-corrected chi connectivity index (χ3v) is 3.55. The Hall–Kier alpha value is -1.83. The third kappa shape index (κ3) is 3.57. The largest absolute Gasteiger partial charge is 0.453 e. The zero-order valence-electron chi connectivity index (χ0n) is 10.7. The van der Waals surface area contributed by atoms with Crippen molar-refractivity contribution in [3.05, 3.63) is 11.6 Å². The lowest BCUT2D eigenvalue weighted by Crippen LogP contribution is -2.39. The van der Waals surface area contributed by atoms with Gasteiger partial charge in [0.05, 0.1) is 7.11 Å². The molecule has 0 unspecified atom stereocenters. The van der Waals surface area contributed by atoms with Crippen LogP contribution in [0.1, 0.15) is 6.42 Å². The topological polar surface area (TPSA) is 74.8 Å². The van der Waals surface area contributed by atoms with Crippen molar-refractivity contribution in [3.8, 4) is 0 Å². The smallest absolute Gasteiger partial charge is 0.409 e. The Morgan fingerprint density at radius 1 is 1.32 bits per heavy atom. The first-order valence-corrected chi connectivity index (χ1v) is 6.87. The van der Waals surface area contributed by atoms with Gasteiger partial charge < -0.3 is 14.5 Å². The van der Waals surface area contributed by atoms with Crippen LogP contribution in [0.3, 0.4) is 0 Å². The molecule has 2 heterocycles. The van der Waals surface area contributed by atoms with Crippen molar-refractivity contribution in [1.29, 1.82) is 0 Å². The van der Waals surface area contributed by atoms with Crippen LogP contribution in [0.25, 0.3) is 0 Å². The van der Waals surface area contributed by atoms with Crippen molar-refractivity contribution in [1.82, 2.24) is 14.8 Å². The number of amides is 3. The molecule has 1 aliphatic rings. The number of rotatable bonds is 1. The first-order chi connectivity index (χ1) is 9.20. The highest BCUT2D eigenvalue weighted by atomic mass is 32.1. The van der Waals surface area contributed by atoms with Crippen LogP contribution in [0.4, 0.5) is 14.7 Å². The molecule has 0 atom stereocenters. The van der Waals surface area contributed by atoms with Gasteiger partial charge in [-0.3, -0.25) is 5.32 Å². The van der Waals surface area contributed by atoms with Gasteiger partial charge in [-0.15, -0.1) is 11.3 Å². The first kappa shape index (κ1) is 13.6. The van der Waals surface area contributed by atoms with Crippen LogP contribution in [-0.2, 0) is 4.74 Å². The van der Waals surface area contributed by atoms with E-state index in [-0.39, 0.29) is 12.1 Å². The molecule has 3 amide bonds. The van der Waals surface area contributed by atoms with E-state index in [0.29, 0.717) is 31.3 Å². The molecule has 1 N–H and O–H groups in total. The molecule has 1 aromatic heterocycles. The molecule has 8 heteroatoms. The summed E-state index contributed by atoms with van der Waals surface area (Å²) in [6.45, 7) is 2.20. The number of nitrogens with one attached hydrogen (secondary N) is 1. The second-order valence-corrected chi connectivity index (χ2v) is 4.96. The molecular formula is C11H16N4O3S. The molecule has 0 spiro atoms. The molecule has 0 saturated carbocycles. The quantitative estimate of drug-likeness (QED) is 0.847. The normalized spacial score (nSPS) is 15.8. The fourth-order valence-corrected chi connectivity index (χ4v) is 2.41. The van der Waals surface area contributed by atoms with E-state index in [1.165, 1.54) is 18.4 Å². The monoisotopic (exact) mass is 284 g/mol. The Labute approximate surface area is 115 Å². The van der Waals surface area contributed by atoms with E-state index in [2.05, 4.69) is 15.0 Å². The van der Waals surface area contributed by atoms with E-state index in [1.54, 1.807) is 21.4 Å². The number of carbonyl (C=O) groups excluding carboxylic acids is 2. The number of thiazole rings is 1. The van der Waals surface area contributed by atoms with Crippen LogP contribution in [0, 0.1) is 0 Å². The number of ether oxygens (including phenoxy) is 1. The maximum atomic E-state index is 12.0. The van der Waals surface area contributed by atoms with Crippen LogP contribution in [0.2, 0.25) is 0 Å². The Bertz CT molecular complexity index is 437. The number of urea groups is 1. The molecule has 19 heavy (non-hydrogen) atoms. The number of methoxy groups -OCH3 is 1. The van der Waals surface area contributed by atoms with Gasteiger partial charge in [0.25, 0.3) is 0 Å². The summed E-state index contributed by atoms with van der Waals surface area (Å²) in [6, 6.07) is -0.179. The molecule has 2 rings (SSSR count). The van der Waals surface area contributed by atoms with Crippen LogP contribution in [-0.4, -0.2) is 60.2 Å². The average Bonchev–Trinajstić information content (AvgIpc) is 2.79. The summed E-state index contributed by atoms with van der Waals surface area (Å²) in [7, 11) is 1.36. The van der Waals surface area contributed by atoms with E-state index < -0.39 is 0 Å². The number of hydrogen-bond acceptors (Lipinski definition) is 5. The van der Waals surface area contributed by atoms with Crippen molar-refractivity contribution >= 4 is 28.6 Å². The molecule has 1 fully saturated rings. The van der Waals surface area contributed by atoms with E-state index in [0.717, 1.165) is 6.42 Å². The minimum atomic E-state index is -0.345. The minimum absolute atomic E-state index is 0.179. The van der Waals surface area contributed by atoms with Crippen molar-refractivity contribution < 1.29 is 14.3 Å². The first-order valence-electron chi connectivity index (χ1n) is 5.99. The van der Waals surface area contributed by atoms with Gasteiger partial charge in [-0.25, -0.2) is 14.6 Å². The summed E-state index contributed by atoms with van der Waals surface area (Å²) in [5.41, 5.74) is 0. The molecule has 1 aromatic rings. The van der Waals surface area contributed by atoms with Crippen molar-refractivity contribution in [3.63, 3.8) is 0 Å². The van der Waals surface area contributed by atoms with Crippen molar-refractivity contribution in [2.45, 2.75) is 6.42 Å². The number of aromatic nitrogens is 1. The third-order valence-electron chi connectivity index (χ3n) is 2.86. The van der Waals surface area contributed by atoms with Gasteiger partial charge in [-0.05, 0) is 6.42 Å². The minimum Gasteiger partial charge on any atom is -0.453 e. The lowest BCUT2D eigenvalue weighted by Gasteiger charge is -2.21. The second kappa shape index (κ2) is 6.37. The van der Waals surface area contributed by atoms with Gasteiger partial charge in [-0.2, -0.15) is 0 Å². The van der Waals surface area contributed by atoms with Gasteiger partial charge in [0.1, 0.15) is 0 Å². The molecule has 0 aromatic carbocycles. The number of carbonyl (C=O) groups is 2. The Morgan fingerprint density at radius 3 is 2.74 bits per heavy atom. The van der Waals surface area contributed by atoms with Gasteiger partial charge in [0.2, 0.25) is 0 Å². The maximum absolute atomic E-state index is 12.0. The molecular weight excluding hydrogens is 268 g/mol. The summed E-state index contributed by atoms with van der Waals surface area (Å²) in [5, 5.41) is 5.12.